The molecule has 2 nitrogen and oxygen atoms in total. The highest BCUT2D eigenvalue weighted by Crippen LogP contribution is 2.20. The minimum absolute atomic E-state index is 0.0164. The van der Waals surface area contributed by atoms with Crippen molar-refractivity contribution >= 4 is 0 Å². The van der Waals surface area contributed by atoms with Crippen molar-refractivity contribution in [1.82, 2.24) is 5.32 Å². The molecule has 0 bridgehead atoms. The van der Waals surface area contributed by atoms with Crippen molar-refractivity contribution in [2.75, 3.05) is 14.2 Å². The van der Waals surface area contributed by atoms with Crippen LogP contribution in [0.5, 0.6) is 0 Å². The third kappa shape index (κ3) is 4.97. The van der Waals surface area contributed by atoms with Gasteiger partial charge in [-0.3, -0.25) is 0 Å². The number of hydrogen-bond donors (Lipinski definition) is 1. The lowest BCUT2D eigenvalue weighted by molar-refractivity contribution is 0.0106. The molecule has 2 atom stereocenters. The van der Waals surface area contributed by atoms with Crippen LogP contribution >= 0.6 is 0 Å². The number of hydrogen-bond acceptors (Lipinski definition) is 2. The lowest BCUT2D eigenvalue weighted by atomic mass is 9.91. The molecule has 2 unspecified atom stereocenters. The second-order valence-electron chi connectivity index (χ2n) is 4.78. The second kappa shape index (κ2) is 6.41. The number of rotatable bonds is 7. The Bertz CT molecular complexity index is 145. The summed E-state index contributed by atoms with van der Waals surface area (Å²) in [5.41, 5.74) is 0.0164. The molecule has 0 saturated carbocycles. The van der Waals surface area contributed by atoms with Crippen molar-refractivity contribution in [2.24, 2.45) is 5.92 Å². The lowest BCUT2D eigenvalue weighted by Crippen LogP contribution is -2.34. The van der Waals surface area contributed by atoms with E-state index in [9.17, 15) is 0 Å². The van der Waals surface area contributed by atoms with Crippen molar-refractivity contribution in [1.29, 1.82) is 0 Å². The molecule has 0 amide bonds. The Morgan fingerprint density at radius 3 is 2.29 bits per heavy atom. The average molecular weight is 201 g/mol. The van der Waals surface area contributed by atoms with Crippen molar-refractivity contribution in [3.05, 3.63) is 0 Å². The molecule has 1 N–H and O–H groups in total. The minimum Gasteiger partial charge on any atom is -0.379 e. The maximum Gasteiger partial charge on any atom is 0.0623 e. The first-order valence-electron chi connectivity index (χ1n) is 5.69. The third-order valence-electron chi connectivity index (χ3n) is 3.31. The van der Waals surface area contributed by atoms with Crippen LogP contribution in [-0.4, -0.2) is 25.8 Å². The van der Waals surface area contributed by atoms with Gasteiger partial charge in [0.1, 0.15) is 0 Å². The Morgan fingerprint density at radius 1 is 1.36 bits per heavy atom. The third-order valence-corrected chi connectivity index (χ3v) is 3.31. The summed E-state index contributed by atoms with van der Waals surface area (Å²) in [7, 11) is 3.84. The summed E-state index contributed by atoms with van der Waals surface area (Å²) in [5, 5.41) is 3.39. The van der Waals surface area contributed by atoms with E-state index in [2.05, 4.69) is 40.1 Å². The second-order valence-corrected chi connectivity index (χ2v) is 4.78. The summed E-state index contributed by atoms with van der Waals surface area (Å²) in [6.07, 6.45) is 3.53. The minimum atomic E-state index is 0.0164. The molecule has 0 aliphatic rings. The molecule has 0 saturated heterocycles. The Morgan fingerprint density at radius 2 is 1.93 bits per heavy atom. The van der Waals surface area contributed by atoms with Gasteiger partial charge >= 0.3 is 0 Å². The Labute approximate surface area is 89.4 Å². The predicted molar refractivity (Wildman–Crippen MR) is 62.6 cm³/mol. The Kier molecular flexibility index (Phi) is 6.38. The van der Waals surface area contributed by atoms with Crippen LogP contribution < -0.4 is 5.32 Å². The molecular formula is C12H27NO. The fraction of sp³-hybridized carbons (Fsp3) is 1.00. The van der Waals surface area contributed by atoms with Gasteiger partial charge in [-0.2, -0.15) is 0 Å². The molecule has 0 aliphatic carbocycles. The summed E-state index contributed by atoms with van der Waals surface area (Å²) in [6.45, 7) is 8.85. The van der Waals surface area contributed by atoms with E-state index in [1.54, 1.807) is 7.11 Å². The molecular weight excluding hydrogens is 174 g/mol. The zero-order chi connectivity index (χ0) is 11.2. The summed E-state index contributed by atoms with van der Waals surface area (Å²) in [5.74, 6) is 0.743. The summed E-state index contributed by atoms with van der Waals surface area (Å²) in [6, 6.07) is 0.620. The fourth-order valence-electron chi connectivity index (χ4n) is 1.60. The van der Waals surface area contributed by atoms with Gasteiger partial charge in [0.15, 0.2) is 0 Å². The van der Waals surface area contributed by atoms with Crippen LogP contribution in [0.2, 0.25) is 0 Å². The van der Waals surface area contributed by atoms with Gasteiger partial charge in [-0.25, -0.2) is 0 Å². The van der Waals surface area contributed by atoms with Gasteiger partial charge in [-0.05, 0) is 39.7 Å². The molecule has 86 valence electrons. The topological polar surface area (TPSA) is 21.3 Å². The maximum absolute atomic E-state index is 5.42. The summed E-state index contributed by atoms with van der Waals surface area (Å²) in [4.78, 5) is 0. The summed E-state index contributed by atoms with van der Waals surface area (Å²) < 4.78 is 5.42. The van der Waals surface area contributed by atoms with Gasteiger partial charge < -0.3 is 10.1 Å². The Balaban J connectivity index is 3.95. The number of nitrogens with one attached hydrogen (secondary N) is 1. The van der Waals surface area contributed by atoms with Crippen molar-refractivity contribution in [2.45, 2.75) is 58.6 Å². The Hall–Kier alpha value is -0.0800. The molecule has 0 aromatic rings. The first-order valence-corrected chi connectivity index (χ1v) is 5.69. The van der Waals surface area contributed by atoms with Gasteiger partial charge in [0.05, 0.1) is 5.60 Å². The molecule has 0 fully saturated rings. The highest BCUT2D eigenvalue weighted by Gasteiger charge is 2.20. The van der Waals surface area contributed by atoms with E-state index < -0.39 is 0 Å². The molecule has 0 heterocycles. The highest BCUT2D eigenvalue weighted by molar-refractivity contribution is 4.76. The standard InChI is InChI=1S/C12H27NO/c1-7-10(2)11(13-5)8-9-12(3,4)14-6/h10-11,13H,7-9H2,1-6H3. The largest absolute Gasteiger partial charge is 0.379 e. The van der Waals surface area contributed by atoms with E-state index in [4.69, 9.17) is 4.74 Å². The van der Waals surface area contributed by atoms with E-state index in [1.165, 1.54) is 12.8 Å². The smallest absolute Gasteiger partial charge is 0.0623 e. The monoisotopic (exact) mass is 201 g/mol. The van der Waals surface area contributed by atoms with Crippen LogP contribution in [0.4, 0.5) is 0 Å². The van der Waals surface area contributed by atoms with E-state index in [0.29, 0.717) is 6.04 Å². The molecule has 0 aliphatic heterocycles. The molecule has 0 aromatic carbocycles. The molecule has 14 heavy (non-hydrogen) atoms. The first kappa shape index (κ1) is 13.9. The average Bonchev–Trinajstić information content (AvgIpc) is 2.18. The SMILES string of the molecule is CCC(C)C(CCC(C)(C)OC)NC. The van der Waals surface area contributed by atoms with Crippen LogP contribution in [0.15, 0.2) is 0 Å². The van der Waals surface area contributed by atoms with Gasteiger partial charge in [-0.1, -0.05) is 20.3 Å². The molecule has 0 radical (unpaired) electrons. The predicted octanol–water partition coefficient (Wildman–Crippen LogP) is 2.83. The van der Waals surface area contributed by atoms with Crippen LogP contribution in [0.3, 0.4) is 0 Å². The zero-order valence-corrected chi connectivity index (χ0v) is 10.7. The van der Waals surface area contributed by atoms with Crippen LogP contribution in [0.1, 0.15) is 47.0 Å². The number of methoxy groups -OCH3 is 1. The number of ether oxygens (including phenoxy) is 1. The quantitative estimate of drug-likeness (QED) is 0.684. The van der Waals surface area contributed by atoms with Crippen molar-refractivity contribution in [3.8, 4) is 0 Å². The van der Waals surface area contributed by atoms with Gasteiger partial charge in [0.25, 0.3) is 0 Å². The normalized spacial score (nSPS) is 16.7. The van der Waals surface area contributed by atoms with Crippen molar-refractivity contribution < 1.29 is 4.74 Å². The molecule has 2 heteroatoms. The fourth-order valence-corrected chi connectivity index (χ4v) is 1.60. The van der Waals surface area contributed by atoms with E-state index >= 15 is 0 Å². The van der Waals surface area contributed by atoms with Crippen LogP contribution in [-0.2, 0) is 4.74 Å². The van der Waals surface area contributed by atoms with Crippen LogP contribution in [0, 0.1) is 5.92 Å². The molecule has 0 spiro atoms. The van der Waals surface area contributed by atoms with Gasteiger partial charge in [0.2, 0.25) is 0 Å². The van der Waals surface area contributed by atoms with E-state index in [-0.39, 0.29) is 5.60 Å². The summed E-state index contributed by atoms with van der Waals surface area (Å²) >= 11 is 0. The maximum atomic E-state index is 5.42. The highest BCUT2D eigenvalue weighted by atomic mass is 16.5. The molecule has 0 rings (SSSR count). The lowest BCUT2D eigenvalue weighted by Gasteiger charge is -2.28. The van der Waals surface area contributed by atoms with Crippen molar-refractivity contribution in [3.63, 3.8) is 0 Å². The van der Waals surface area contributed by atoms with E-state index in [1.807, 2.05) is 0 Å². The zero-order valence-electron chi connectivity index (χ0n) is 10.7. The molecule has 0 aromatic heterocycles. The first-order chi connectivity index (χ1) is 6.46. The van der Waals surface area contributed by atoms with E-state index in [0.717, 1.165) is 12.3 Å². The van der Waals surface area contributed by atoms with Crippen LogP contribution in [0.25, 0.3) is 0 Å². The van der Waals surface area contributed by atoms with Gasteiger partial charge in [0, 0.05) is 13.2 Å². The van der Waals surface area contributed by atoms with Gasteiger partial charge in [-0.15, -0.1) is 0 Å².